The monoisotopic (exact) mass is 153 g/mol. The van der Waals surface area contributed by atoms with Gasteiger partial charge < -0.3 is 0 Å². The molecule has 11 heavy (non-hydrogen) atoms. The highest BCUT2D eigenvalue weighted by atomic mass is 16.5. The Morgan fingerprint density at radius 3 is 3.09 bits per heavy atom. The van der Waals surface area contributed by atoms with Crippen LogP contribution in [0.4, 0.5) is 0 Å². The molecular formula is C8H11NO2. The first-order chi connectivity index (χ1) is 5.33. The average molecular weight is 153 g/mol. The van der Waals surface area contributed by atoms with E-state index in [1.807, 2.05) is 12.2 Å². The van der Waals surface area contributed by atoms with Gasteiger partial charge in [0.05, 0.1) is 6.42 Å². The first kappa shape index (κ1) is 8.01. The summed E-state index contributed by atoms with van der Waals surface area (Å²) in [6.45, 7) is 0. The number of hydrogen-bond acceptors (Lipinski definition) is 2. The number of carbonyl (C=O) groups excluding carboxylic acids is 1. The molecule has 0 radical (unpaired) electrons. The highest BCUT2D eigenvalue weighted by molar-refractivity contribution is 5.77. The second kappa shape index (κ2) is 3.93. The van der Waals surface area contributed by atoms with E-state index in [-0.39, 0.29) is 5.91 Å². The zero-order valence-corrected chi connectivity index (χ0v) is 6.21. The lowest BCUT2D eigenvalue weighted by Crippen LogP contribution is -2.18. The first-order valence-corrected chi connectivity index (χ1v) is 3.60. The number of rotatable bonds is 2. The quantitative estimate of drug-likeness (QED) is 0.462. The molecule has 1 amide bonds. The summed E-state index contributed by atoms with van der Waals surface area (Å²) < 4.78 is 0. The Morgan fingerprint density at radius 2 is 2.55 bits per heavy atom. The lowest BCUT2D eigenvalue weighted by atomic mass is 10.0. The second-order valence-electron chi connectivity index (χ2n) is 2.50. The number of allylic oxidation sites excluding steroid dienone is 3. The van der Waals surface area contributed by atoms with Gasteiger partial charge in [-0.05, 0) is 12.8 Å². The molecule has 0 saturated heterocycles. The van der Waals surface area contributed by atoms with Crippen molar-refractivity contribution in [1.82, 2.24) is 5.48 Å². The van der Waals surface area contributed by atoms with Crippen LogP contribution in [0.2, 0.25) is 0 Å². The summed E-state index contributed by atoms with van der Waals surface area (Å²) in [5.41, 5.74) is 2.68. The molecule has 2 N–H and O–H groups in total. The van der Waals surface area contributed by atoms with Gasteiger partial charge in [0.15, 0.2) is 0 Å². The molecule has 3 nitrogen and oxygen atoms in total. The van der Waals surface area contributed by atoms with Gasteiger partial charge in [-0.1, -0.05) is 23.8 Å². The van der Waals surface area contributed by atoms with Gasteiger partial charge in [0.2, 0.25) is 5.91 Å². The summed E-state index contributed by atoms with van der Waals surface area (Å²) in [5.74, 6) is -0.341. The molecule has 0 aromatic carbocycles. The molecule has 1 aliphatic carbocycles. The molecule has 1 aliphatic rings. The van der Waals surface area contributed by atoms with E-state index in [1.165, 1.54) is 0 Å². The maximum absolute atomic E-state index is 10.7. The van der Waals surface area contributed by atoms with Crippen molar-refractivity contribution in [2.45, 2.75) is 19.3 Å². The van der Waals surface area contributed by atoms with E-state index < -0.39 is 0 Å². The van der Waals surface area contributed by atoms with Crippen molar-refractivity contribution in [3.8, 4) is 0 Å². The molecular weight excluding hydrogens is 142 g/mol. The third-order valence-electron chi connectivity index (χ3n) is 1.61. The molecule has 0 aromatic rings. The molecule has 60 valence electrons. The smallest absolute Gasteiger partial charge is 0.247 e. The van der Waals surface area contributed by atoms with Gasteiger partial charge >= 0.3 is 0 Å². The Hall–Kier alpha value is -1.09. The standard InChI is InChI=1S/C8H11NO2/c10-8(9-11)6-7-4-2-1-3-5-7/h1-2,4,11H,3,5-6H2,(H,9,10). The van der Waals surface area contributed by atoms with Gasteiger partial charge in [0.1, 0.15) is 0 Å². The second-order valence-corrected chi connectivity index (χ2v) is 2.50. The zero-order chi connectivity index (χ0) is 8.10. The van der Waals surface area contributed by atoms with Crippen molar-refractivity contribution in [2.24, 2.45) is 0 Å². The van der Waals surface area contributed by atoms with Crippen LogP contribution in [-0.4, -0.2) is 11.1 Å². The normalized spacial score (nSPS) is 15.9. The molecule has 0 bridgehead atoms. The topological polar surface area (TPSA) is 49.3 Å². The van der Waals surface area contributed by atoms with Crippen molar-refractivity contribution in [1.29, 1.82) is 0 Å². The summed E-state index contributed by atoms with van der Waals surface area (Å²) in [5, 5.41) is 8.22. The van der Waals surface area contributed by atoms with Gasteiger partial charge in [-0.15, -0.1) is 0 Å². The van der Waals surface area contributed by atoms with Crippen LogP contribution >= 0.6 is 0 Å². The first-order valence-electron chi connectivity index (χ1n) is 3.60. The fraction of sp³-hybridized carbons (Fsp3) is 0.375. The maximum Gasteiger partial charge on any atom is 0.247 e. The Balaban J connectivity index is 2.42. The number of amides is 1. The SMILES string of the molecule is O=C(CC1=CC=CCC1)NO. The predicted octanol–water partition coefficient (Wildman–Crippen LogP) is 1.16. The third kappa shape index (κ3) is 2.55. The van der Waals surface area contributed by atoms with Gasteiger partial charge in [-0.25, -0.2) is 5.48 Å². The van der Waals surface area contributed by atoms with E-state index in [0.717, 1.165) is 18.4 Å². The van der Waals surface area contributed by atoms with E-state index in [1.54, 1.807) is 5.48 Å². The zero-order valence-electron chi connectivity index (χ0n) is 6.21. The number of hydroxylamine groups is 1. The number of carbonyl (C=O) groups is 1. The summed E-state index contributed by atoms with van der Waals surface area (Å²) >= 11 is 0. The van der Waals surface area contributed by atoms with Gasteiger partial charge in [-0.3, -0.25) is 10.0 Å². The Kier molecular flexibility index (Phi) is 2.86. The van der Waals surface area contributed by atoms with Crippen LogP contribution < -0.4 is 5.48 Å². The molecule has 0 unspecified atom stereocenters. The fourth-order valence-corrected chi connectivity index (χ4v) is 1.05. The minimum Gasteiger partial charge on any atom is -0.289 e. The van der Waals surface area contributed by atoms with Crippen LogP contribution in [0, 0.1) is 0 Å². The molecule has 0 spiro atoms. The summed E-state index contributed by atoms with van der Waals surface area (Å²) in [6.07, 6.45) is 8.12. The van der Waals surface area contributed by atoms with Crippen molar-refractivity contribution < 1.29 is 10.0 Å². The van der Waals surface area contributed by atoms with Crippen LogP contribution in [0.15, 0.2) is 23.8 Å². The number of nitrogens with one attached hydrogen (secondary N) is 1. The molecule has 0 aliphatic heterocycles. The Labute approximate surface area is 65.4 Å². The Bertz CT molecular complexity index is 206. The Morgan fingerprint density at radius 1 is 1.73 bits per heavy atom. The van der Waals surface area contributed by atoms with Gasteiger partial charge in [-0.2, -0.15) is 0 Å². The van der Waals surface area contributed by atoms with Crippen LogP contribution in [0.3, 0.4) is 0 Å². The van der Waals surface area contributed by atoms with Crippen LogP contribution in [0.5, 0.6) is 0 Å². The highest BCUT2D eigenvalue weighted by Gasteiger charge is 2.04. The maximum atomic E-state index is 10.7. The number of hydrogen-bond donors (Lipinski definition) is 2. The third-order valence-corrected chi connectivity index (χ3v) is 1.61. The van der Waals surface area contributed by atoms with Crippen molar-refractivity contribution in [3.63, 3.8) is 0 Å². The summed E-state index contributed by atoms with van der Waals surface area (Å²) in [7, 11) is 0. The molecule has 0 heterocycles. The van der Waals surface area contributed by atoms with Crippen molar-refractivity contribution >= 4 is 5.91 Å². The fourth-order valence-electron chi connectivity index (χ4n) is 1.05. The van der Waals surface area contributed by atoms with E-state index in [2.05, 4.69) is 6.08 Å². The molecule has 0 saturated carbocycles. The lowest BCUT2D eigenvalue weighted by molar-refractivity contribution is -0.128. The summed E-state index contributed by atoms with van der Waals surface area (Å²) in [4.78, 5) is 10.7. The molecule has 1 rings (SSSR count). The average Bonchev–Trinajstić information content (AvgIpc) is 2.06. The van der Waals surface area contributed by atoms with E-state index in [4.69, 9.17) is 5.21 Å². The predicted molar refractivity (Wildman–Crippen MR) is 41.0 cm³/mol. The van der Waals surface area contributed by atoms with Crippen molar-refractivity contribution in [3.05, 3.63) is 23.8 Å². The van der Waals surface area contributed by atoms with E-state index in [0.29, 0.717) is 6.42 Å². The van der Waals surface area contributed by atoms with E-state index in [9.17, 15) is 4.79 Å². The van der Waals surface area contributed by atoms with Crippen LogP contribution in [-0.2, 0) is 4.79 Å². The van der Waals surface area contributed by atoms with Crippen molar-refractivity contribution in [2.75, 3.05) is 0 Å². The van der Waals surface area contributed by atoms with Gasteiger partial charge in [0, 0.05) is 0 Å². The molecule has 0 fully saturated rings. The summed E-state index contributed by atoms with van der Waals surface area (Å²) in [6, 6.07) is 0. The highest BCUT2D eigenvalue weighted by Crippen LogP contribution is 2.14. The van der Waals surface area contributed by atoms with Crippen LogP contribution in [0.1, 0.15) is 19.3 Å². The van der Waals surface area contributed by atoms with E-state index >= 15 is 0 Å². The van der Waals surface area contributed by atoms with Crippen LogP contribution in [0.25, 0.3) is 0 Å². The molecule has 0 aromatic heterocycles. The molecule has 3 heteroatoms. The lowest BCUT2D eigenvalue weighted by Gasteiger charge is -2.06. The minimum atomic E-state index is -0.341. The van der Waals surface area contributed by atoms with Gasteiger partial charge in [0.25, 0.3) is 0 Å². The largest absolute Gasteiger partial charge is 0.289 e. The minimum absolute atomic E-state index is 0.306. The molecule has 0 atom stereocenters.